The van der Waals surface area contributed by atoms with Crippen molar-refractivity contribution in [3.05, 3.63) is 29.6 Å². The molecule has 0 spiro atoms. The Morgan fingerprint density at radius 2 is 2.22 bits per heavy atom. The van der Waals surface area contributed by atoms with E-state index in [1.54, 1.807) is 0 Å². The molecule has 6 nitrogen and oxygen atoms in total. The van der Waals surface area contributed by atoms with Crippen molar-refractivity contribution in [2.24, 2.45) is 11.1 Å². The van der Waals surface area contributed by atoms with Crippen molar-refractivity contribution in [3.8, 4) is 0 Å². The number of primary sulfonamides is 1. The van der Waals surface area contributed by atoms with Crippen LogP contribution >= 0.6 is 0 Å². The molecule has 0 unspecified atom stereocenters. The zero-order valence-electron chi connectivity index (χ0n) is 13.1. The second kappa shape index (κ2) is 7.37. The molecular weight excluding hydrogens is 321 g/mol. The zero-order valence-corrected chi connectivity index (χ0v) is 13.9. The average molecular weight is 343 g/mol. The molecule has 8 heteroatoms. The fourth-order valence-electron chi connectivity index (χ4n) is 2.77. The Morgan fingerprint density at radius 1 is 1.48 bits per heavy atom. The Bertz CT molecular complexity index is 679. The van der Waals surface area contributed by atoms with Crippen LogP contribution in [0, 0.1) is 11.7 Å². The number of halogens is 1. The SMILES string of the molecule is C[C@H]1CCCN(CCNC(=O)c2cc(S(N)(=O)=O)ccc2F)C1. The van der Waals surface area contributed by atoms with Crippen LogP contribution in [-0.2, 0) is 10.0 Å². The molecule has 128 valence electrons. The number of piperidine rings is 1. The van der Waals surface area contributed by atoms with Crippen LogP contribution in [0.3, 0.4) is 0 Å². The molecule has 0 aromatic heterocycles. The van der Waals surface area contributed by atoms with Gasteiger partial charge in [0.1, 0.15) is 5.82 Å². The number of nitrogens with two attached hydrogens (primary N) is 1. The fraction of sp³-hybridized carbons (Fsp3) is 0.533. The van der Waals surface area contributed by atoms with Crippen molar-refractivity contribution in [1.29, 1.82) is 0 Å². The number of amides is 1. The van der Waals surface area contributed by atoms with E-state index < -0.39 is 21.7 Å². The average Bonchev–Trinajstić information content (AvgIpc) is 2.46. The van der Waals surface area contributed by atoms with Gasteiger partial charge in [-0.1, -0.05) is 6.92 Å². The van der Waals surface area contributed by atoms with Crippen LogP contribution in [0.1, 0.15) is 30.1 Å². The number of nitrogens with zero attached hydrogens (tertiary/aromatic N) is 1. The van der Waals surface area contributed by atoms with Gasteiger partial charge in [-0.15, -0.1) is 0 Å². The van der Waals surface area contributed by atoms with Gasteiger partial charge in [0.05, 0.1) is 10.5 Å². The molecule has 23 heavy (non-hydrogen) atoms. The van der Waals surface area contributed by atoms with Gasteiger partial charge in [-0.3, -0.25) is 4.79 Å². The highest BCUT2D eigenvalue weighted by Crippen LogP contribution is 2.15. The molecule has 1 saturated heterocycles. The molecule has 0 saturated carbocycles. The van der Waals surface area contributed by atoms with E-state index in [1.165, 1.54) is 6.42 Å². The minimum atomic E-state index is -3.97. The summed E-state index contributed by atoms with van der Waals surface area (Å²) in [6.07, 6.45) is 2.36. The predicted molar refractivity (Wildman–Crippen MR) is 84.9 cm³/mol. The van der Waals surface area contributed by atoms with Crippen molar-refractivity contribution in [1.82, 2.24) is 10.2 Å². The van der Waals surface area contributed by atoms with E-state index >= 15 is 0 Å². The zero-order chi connectivity index (χ0) is 17.0. The summed E-state index contributed by atoms with van der Waals surface area (Å²) in [6.45, 7) is 5.25. The summed E-state index contributed by atoms with van der Waals surface area (Å²) < 4.78 is 36.3. The van der Waals surface area contributed by atoms with Gasteiger partial charge in [-0.25, -0.2) is 17.9 Å². The van der Waals surface area contributed by atoms with E-state index in [0.717, 1.165) is 37.7 Å². The van der Waals surface area contributed by atoms with Crippen LogP contribution in [0.25, 0.3) is 0 Å². The first-order chi connectivity index (χ1) is 10.8. The summed E-state index contributed by atoms with van der Waals surface area (Å²) in [5, 5.41) is 7.62. The summed E-state index contributed by atoms with van der Waals surface area (Å²) in [7, 11) is -3.97. The Kier molecular flexibility index (Phi) is 5.72. The van der Waals surface area contributed by atoms with E-state index in [0.29, 0.717) is 19.0 Å². The Balaban J connectivity index is 1.95. The van der Waals surface area contributed by atoms with Gasteiger partial charge in [-0.05, 0) is 43.5 Å². The summed E-state index contributed by atoms with van der Waals surface area (Å²) in [4.78, 5) is 14.0. The number of hydrogen-bond donors (Lipinski definition) is 2. The lowest BCUT2D eigenvalue weighted by atomic mass is 10.0. The molecule has 1 aliphatic heterocycles. The molecule has 0 bridgehead atoms. The van der Waals surface area contributed by atoms with Crippen LogP contribution in [0.4, 0.5) is 4.39 Å². The van der Waals surface area contributed by atoms with Crippen LogP contribution in [0.2, 0.25) is 0 Å². The van der Waals surface area contributed by atoms with E-state index in [4.69, 9.17) is 5.14 Å². The van der Waals surface area contributed by atoms with E-state index in [-0.39, 0.29) is 10.5 Å². The summed E-state index contributed by atoms with van der Waals surface area (Å²) in [5.74, 6) is -0.775. The van der Waals surface area contributed by atoms with Crippen molar-refractivity contribution in [2.45, 2.75) is 24.7 Å². The minimum Gasteiger partial charge on any atom is -0.351 e. The number of rotatable bonds is 5. The first-order valence-electron chi connectivity index (χ1n) is 7.60. The summed E-state index contributed by atoms with van der Waals surface area (Å²) in [6, 6.07) is 2.93. The molecule has 1 atom stereocenters. The van der Waals surface area contributed by atoms with Gasteiger partial charge < -0.3 is 10.2 Å². The third-order valence-electron chi connectivity index (χ3n) is 3.97. The molecule has 0 aliphatic carbocycles. The van der Waals surface area contributed by atoms with Crippen molar-refractivity contribution in [2.75, 3.05) is 26.2 Å². The lowest BCUT2D eigenvalue weighted by Crippen LogP contribution is -2.40. The monoisotopic (exact) mass is 343 g/mol. The number of carbonyl (C=O) groups excluding carboxylic acids is 1. The maximum Gasteiger partial charge on any atom is 0.254 e. The number of carbonyl (C=O) groups is 1. The maximum absolute atomic E-state index is 13.7. The fourth-order valence-corrected chi connectivity index (χ4v) is 3.31. The Labute approximate surface area is 135 Å². The first kappa shape index (κ1) is 17.8. The van der Waals surface area contributed by atoms with E-state index in [9.17, 15) is 17.6 Å². The summed E-state index contributed by atoms with van der Waals surface area (Å²) >= 11 is 0. The molecule has 1 aliphatic rings. The van der Waals surface area contributed by atoms with Gasteiger partial charge >= 0.3 is 0 Å². The largest absolute Gasteiger partial charge is 0.351 e. The summed E-state index contributed by atoms with van der Waals surface area (Å²) in [5.41, 5.74) is -0.316. The number of hydrogen-bond acceptors (Lipinski definition) is 4. The van der Waals surface area contributed by atoms with Crippen molar-refractivity contribution < 1.29 is 17.6 Å². The lowest BCUT2D eigenvalue weighted by molar-refractivity contribution is 0.0939. The number of sulfonamides is 1. The van der Waals surface area contributed by atoms with Crippen LogP contribution in [0.15, 0.2) is 23.1 Å². The van der Waals surface area contributed by atoms with Crippen LogP contribution < -0.4 is 10.5 Å². The normalized spacial score (nSPS) is 19.5. The molecule has 2 rings (SSSR count). The third kappa shape index (κ3) is 4.98. The molecule has 1 aromatic carbocycles. The number of nitrogens with one attached hydrogen (secondary N) is 1. The Morgan fingerprint density at radius 3 is 2.87 bits per heavy atom. The highest BCUT2D eigenvalue weighted by atomic mass is 32.2. The highest BCUT2D eigenvalue weighted by molar-refractivity contribution is 7.89. The minimum absolute atomic E-state index is 0.283. The smallest absolute Gasteiger partial charge is 0.254 e. The van der Waals surface area contributed by atoms with Crippen LogP contribution in [0.5, 0.6) is 0 Å². The van der Waals surface area contributed by atoms with Crippen molar-refractivity contribution in [3.63, 3.8) is 0 Å². The molecule has 3 N–H and O–H groups in total. The number of benzene rings is 1. The molecule has 1 heterocycles. The predicted octanol–water partition coefficient (Wildman–Crippen LogP) is 0.935. The van der Waals surface area contributed by atoms with E-state index in [2.05, 4.69) is 17.1 Å². The molecular formula is C15H22FN3O3S. The van der Waals surface area contributed by atoms with Crippen LogP contribution in [-0.4, -0.2) is 45.4 Å². The second-order valence-electron chi connectivity index (χ2n) is 5.99. The van der Waals surface area contributed by atoms with Gasteiger partial charge in [-0.2, -0.15) is 0 Å². The quantitative estimate of drug-likeness (QED) is 0.832. The molecule has 0 radical (unpaired) electrons. The molecule has 1 aromatic rings. The maximum atomic E-state index is 13.7. The second-order valence-corrected chi connectivity index (χ2v) is 7.55. The number of likely N-dealkylation sites (tertiary alicyclic amines) is 1. The Hall–Kier alpha value is -1.51. The topological polar surface area (TPSA) is 92.5 Å². The van der Waals surface area contributed by atoms with E-state index in [1.807, 2.05) is 0 Å². The third-order valence-corrected chi connectivity index (χ3v) is 4.88. The highest BCUT2D eigenvalue weighted by Gasteiger charge is 2.18. The first-order valence-corrected chi connectivity index (χ1v) is 9.15. The van der Waals surface area contributed by atoms with Gasteiger partial charge in [0, 0.05) is 19.6 Å². The molecule has 1 fully saturated rings. The van der Waals surface area contributed by atoms with Crippen molar-refractivity contribution >= 4 is 15.9 Å². The molecule has 1 amide bonds. The van der Waals surface area contributed by atoms with Gasteiger partial charge in [0.15, 0.2) is 0 Å². The van der Waals surface area contributed by atoms with Gasteiger partial charge in [0.2, 0.25) is 10.0 Å². The standard InChI is InChI=1S/C15H22FN3O3S/c1-11-3-2-7-19(10-11)8-6-18-15(20)13-9-12(23(17,21)22)4-5-14(13)16/h4-5,9,11H,2-3,6-8,10H2,1H3,(H,18,20)(H2,17,21,22)/t11-/m0/s1. The van der Waals surface area contributed by atoms with Gasteiger partial charge in [0.25, 0.3) is 5.91 Å². The lowest BCUT2D eigenvalue weighted by Gasteiger charge is -2.30.